The Morgan fingerprint density at radius 3 is 2.30 bits per heavy atom. The highest BCUT2D eigenvalue weighted by atomic mass is 35.5. The lowest BCUT2D eigenvalue weighted by Gasteiger charge is -2.14. The van der Waals surface area contributed by atoms with Crippen LogP contribution in [0.2, 0.25) is 10.0 Å². The first kappa shape index (κ1) is 32.3. The Kier molecular flexibility index (Phi) is 10.8. The number of amides is 3. The van der Waals surface area contributed by atoms with Crippen LogP contribution in [0, 0.1) is 17.0 Å². The number of nitro groups is 1. The van der Waals surface area contributed by atoms with E-state index in [1.54, 1.807) is 92.7 Å². The van der Waals surface area contributed by atoms with Gasteiger partial charge in [-0.05, 0) is 73.5 Å². The Labute approximate surface area is 267 Å². The Morgan fingerprint density at radius 2 is 1.61 bits per heavy atom. The number of rotatable bonds is 10. The van der Waals surface area contributed by atoms with Crippen molar-refractivity contribution >= 4 is 75.8 Å². The van der Waals surface area contributed by atoms with Crippen molar-refractivity contribution in [1.29, 1.82) is 0 Å². The van der Waals surface area contributed by atoms with Gasteiger partial charge in [0.2, 0.25) is 5.91 Å². The van der Waals surface area contributed by atoms with Crippen molar-refractivity contribution in [2.24, 2.45) is 0 Å². The summed E-state index contributed by atoms with van der Waals surface area (Å²) in [7, 11) is 0. The third-order valence-corrected chi connectivity index (χ3v) is 8.24. The van der Waals surface area contributed by atoms with Crippen molar-refractivity contribution in [1.82, 2.24) is 5.32 Å². The van der Waals surface area contributed by atoms with Crippen LogP contribution in [0.15, 0.2) is 102 Å². The van der Waals surface area contributed by atoms with E-state index >= 15 is 0 Å². The maximum absolute atomic E-state index is 13.3. The molecule has 224 valence electrons. The first-order valence-corrected chi connectivity index (χ1v) is 14.8. The van der Waals surface area contributed by atoms with Crippen molar-refractivity contribution < 1.29 is 19.3 Å². The van der Waals surface area contributed by atoms with Crippen LogP contribution in [0.5, 0.6) is 0 Å². The number of carbonyl (C=O) groups is 3. The number of nitro benzene ring substituents is 1. The van der Waals surface area contributed by atoms with Gasteiger partial charge >= 0.3 is 0 Å². The fourth-order valence-electron chi connectivity index (χ4n) is 3.90. The van der Waals surface area contributed by atoms with Gasteiger partial charge in [0.1, 0.15) is 5.70 Å². The molecule has 0 fully saturated rings. The second-order valence-corrected chi connectivity index (χ2v) is 11.7. The average molecular weight is 650 g/mol. The highest BCUT2D eigenvalue weighted by Crippen LogP contribution is 2.29. The molecular formula is C32H26Cl2N4O5S. The van der Waals surface area contributed by atoms with Gasteiger partial charge in [0, 0.05) is 28.3 Å². The molecule has 4 aromatic carbocycles. The maximum Gasteiger partial charge on any atom is 0.272 e. The molecule has 9 nitrogen and oxygen atoms in total. The van der Waals surface area contributed by atoms with Crippen LogP contribution in [0.3, 0.4) is 0 Å². The summed E-state index contributed by atoms with van der Waals surface area (Å²) in [4.78, 5) is 50.3. The van der Waals surface area contributed by atoms with E-state index in [1.807, 2.05) is 0 Å². The fraction of sp³-hybridized carbons (Fsp3) is 0.0938. The van der Waals surface area contributed by atoms with Crippen molar-refractivity contribution in [3.8, 4) is 0 Å². The largest absolute Gasteiger partial charge is 0.325 e. The Morgan fingerprint density at radius 1 is 0.909 bits per heavy atom. The Balaban J connectivity index is 1.45. The molecule has 4 rings (SSSR count). The number of non-ortho nitro benzene ring substituents is 1. The molecular weight excluding hydrogens is 623 g/mol. The van der Waals surface area contributed by atoms with E-state index in [1.165, 1.54) is 30.0 Å². The smallest absolute Gasteiger partial charge is 0.272 e. The van der Waals surface area contributed by atoms with Gasteiger partial charge in [0.05, 0.1) is 25.9 Å². The highest BCUT2D eigenvalue weighted by molar-refractivity contribution is 8.00. The van der Waals surface area contributed by atoms with E-state index in [9.17, 15) is 24.5 Å². The number of nitrogens with one attached hydrogen (secondary N) is 3. The first-order valence-electron chi connectivity index (χ1n) is 13.2. The number of hydrogen-bond donors (Lipinski definition) is 3. The van der Waals surface area contributed by atoms with Gasteiger partial charge in [0.15, 0.2) is 0 Å². The molecule has 0 radical (unpaired) electrons. The van der Waals surface area contributed by atoms with Gasteiger partial charge in [-0.25, -0.2) is 0 Å². The summed E-state index contributed by atoms with van der Waals surface area (Å²) in [5.41, 5.74) is 2.16. The van der Waals surface area contributed by atoms with Crippen LogP contribution in [0.4, 0.5) is 17.1 Å². The number of hydrogen-bond acceptors (Lipinski definition) is 6. The van der Waals surface area contributed by atoms with E-state index in [0.29, 0.717) is 33.1 Å². The number of aryl methyl sites for hydroxylation is 1. The molecule has 44 heavy (non-hydrogen) atoms. The Hall–Kier alpha value is -4.64. The fourth-order valence-corrected chi connectivity index (χ4v) is 5.13. The van der Waals surface area contributed by atoms with E-state index in [-0.39, 0.29) is 22.3 Å². The topological polar surface area (TPSA) is 130 Å². The minimum atomic E-state index is -0.592. The molecule has 3 N–H and O–H groups in total. The second kappa shape index (κ2) is 14.7. The van der Waals surface area contributed by atoms with Gasteiger partial charge in [-0.2, -0.15) is 0 Å². The molecule has 1 atom stereocenters. The number of thioether (sulfide) groups is 1. The Bertz CT molecular complexity index is 1750. The number of benzene rings is 4. The van der Waals surface area contributed by atoms with E-state index < -0.39 is 22.0 Å². The molecule has 0 saturated heterocycles. The van der Waals surface area contributed by atoms with E-state index in [2.05, 4.69) is 16.0 Å². The van der Waals surface area contributed by atoms with Crippen LogP contribution in [0.1, 0.15) is 28.4 Å². The molecule has 12 heteroatoms. The van der Waals surface area contributed by atoms with Crippen molar-refractivity contribution in [3.05, 3.63) is 134 Å². The van der Waals surface area contributed by atoms with Crippen LogP contribution in [0.25, 0.3) is 6.08 Å². The zero-order valence-electron chi connectivity index (χ0n) is 23.5. The summed E-state index contributed by atoms with van der Waals surface area (Å²) in [5.74, 6) is -1.39. The third kappa shape index (κ3) is 8.47. The molecule has 1 unspecified atom stereocenters. The van der Waals surface area contributed by atoms with Crippen LogP contribution >= 0.6 is 35.0 Å². The lowest BCUT2D eigenvalue weighted by molar-refractivity contribution is -0.384. The second-order valence-electron chi connectivity index (χ2n) is 9.51. The van der Waals surface area contributed by atoms with Crippen LogP contribution in [-0.4, -0.2) is 27.9 Å². The quantitative estimate of drug-likeness (QED) is 0.0698. The minimum absolute atomic E-state index is 0.0526. The molecule has 0 aliphatic heterocycles. The lowest BCUT2D eigenvalue weighted by atomic mass is 10.1. The van der Waals surface area contributed by atoms with E-state index in [0.717, 1.165) is 4.90 Å². The summed E-state index contributed by atoms with van der Waals surface area (Å²) in [6, 6.07) is 24.5. The monoisotopic (exact) mass is 648 g/mol. The summed E-state index contributed by atoms with van der Waals surface area (Å²) < 4.78 is 0. The molecule has 0 heterocycles. The first-order chi connectivity index (χ1) is 21.0. The highest BCUT2D eigenvalue weighted by Gasteiger charge is 2.19. The number of carbonyl (C=O) groups excluding carboxylic acids is 3. The standard InChI is InChI=1S/C32H26Cl2N4O5S/c1-19-11-14-24(38(42)43)18-27(19)36-30(39)20(2)44-25-15-12-23(13-16-25)35-32(41)28(17-22-9-6-10-26(33)29(22)34)37-31(40)21-7-4-3-5-8-21/h3-18,20H,1-2H3,(H,35,41)(H,36,39)(H,37,40)/b28-17-. The number of anilines is 2. The zero-order valence-corrected chi connectivity index (χ0v) is 25.8. The molecule has 0 spiro atoms. The molecule has 0 aliphatic rings. The summed E-state index contributed by atoms with van der Waals surface area (Å²) >= 11 is 13.8. The molecule has 0 aromatic heterocycles. The predicted molar refractivity (Wildman–Crippen MR) is 175 cm³/mol. The van der Waals surface area contributed by atoms with E-state index in [4.69, 9.17) is 23.2 Å². The van der Waals surface area contributed by atoms with Gasteiger partial charge in [-0.3, -0.25) is 24.5 Å². The van der Waals surface area contributed by atoms with Gasteiger partial charge in [-0.1, -0.05) is 59.6 Å². The summed E-state index contributed by atoms with van der Waals surface area (Å²) in [6.07, 6.45) is 1.44. The third-order valence-electron chi connectivity index (χ3n) is 6.29. The zero-order chi connectivity index (χ0) is 31.8. The molecule has 0 bridgehead atoms. The molecule has 4 aromatic rings. The van der Waals surface area contributed by atoms with Gasteiger partial charge in [-0.15, -0.1) is 11.8 Å². The van der Waals surface area contributed by atoms with Crippen molar-refractivity contribution in [3.63, 3.8) is 0 Å². The van der Waals surface area contributed by atoms with Crippen LogP contribution in [-0.2, 0) is 9.59 Å². The van der Waals surface area contributed by atoms with Crippen molar-refractivity contribution in [2.45, 2.75) is 24.0 Å². The van der Waals surface area contributed by atoms with Gasteiger partial charge in [0.25, 0.3) is 17.5 Å². The lowest BCUT2D eigenvalue weighted by Crippen LogP contribution is -2.30. The summed E-state index contributed by atoms with van der Waals surface area (Å²) in [6.45, 7) is 3.47. The SMILES string of the molecule is Cc1ccc([N+](=O)[O-])cc1NC(=O)C(C)Sc1ccc(NC(=O)/C(=C/c2cccc(Cl)c2Cl)NC(=O)c2ccccc2)cc1. The summed E-state index contributed by atoms with van der Waals surface area (Å²) in [5, 5.41) is 19.3. The minimum Gasteiger partial charge on any atom is -0.325 e. The maximum atomic E-state index is 13.3. The molecule has 0 aliphatic carbocycles. The number of halogens is 2. The normalized spacial score (nSPS) is 11.8. The molecule has 3 amide bonds. The number of nitrogens with zero attached hydrogens (tertiary/aromatic N) is 1. The predicted octanol–water partition coefficient (Wildman–Crippen LogP) is 7.74. The van der Waals surface area contributed by atoms with Crippen LogP contribution < -0.4 is 16.0 Å². The average Bonchev–Trinajstić information content (AvgIpc) is 3.01. The van der Waals surface area contributed by atoms with Gasteiger partial charge < -0.3 is 16.0 Å². The molecule has 0 saturated carbocycles. The van der Waals surface area contributed by atoms with Crippen molar-refractivity contribution in [2.75, 3.05) is 10.6 Å².